The van der Waals surface area contributed by atoms with Crippen molar-refractivity contribution in [2.45, 2.75) is 19.4 Å². The zero-order valence-electron chi connectivity index (χ0n) is 15.0. The van der Waals surface area contributed by atoms with Crippen molar-refractivity contribution in [2.24, 2.45) is 0 Å². The van der Waals surface area contributed by atoms with E-state index in [1.54, 1.807) is 0 Å². The molecule has 0 amide bonds. The molecule has 1 unspecified atom stereocenters. The summed E-state index contributed by atoms with van der Waals surface area (Å²) in [6, 6.07) is 12.2. The third-order valence-corrected chi connectivity index (χ3v) is 5.06. The lowest BCUT2D eigenvalue weighted by Crippen LogP contribution is -2.21. The van der Waals surface area contributed by atoms with E-state index >= 15 is 0 Å². The van der Waals surface area contributed by atoms with Crippen molar-refractivity contribution >= 4 is 22.3 Å². The second-order valence-corrected chi connectivity index (χ2v) is 7.13. The Balaban J connectivity index is 1.54. The Hall–Kier alpha value is -3.12. The van der Waals surface area contributed by atoms with Crippen molar-refractivity contribution in [2.75, 3.05) is 18.4 Å². The highest BCUT2D eigenvalue weighted by molar-refractivity contribution is 5.84. The van der Waals surface area contributed by atoms with Crippen LogP contribution in [0.1, 0.15) is 12.0 Å². The van der Waals surface area contributed by atoms with Crippen LogP contribution in [0.15, 0.2) is 58.0 Å². The molecule has 0 bridgehead atoms. The molecular formula is C21H20N4O2. The Morgan fingerprint density at radius 1 is 1.26 bits per heavy atom. The molecule has 1 aliphatic rings. The quantitative estimate of drug-likeness (QED) is 0.549. The predicted octanol–water partition coefficient (Wildman–Crippen LogP) is 3.19. The van der Waals surface area contributed by atoms with E-state index in [0.29, 0.717) is 22.9 Å². The van der Waals surface area contributed by atoms with Gasteiger partial charge in [-0.3, -0.25) is 0 Å². The van der Waals surface area contributed by atoms with Gasteiger partial charge < -0.3 is 19.5 Å². The molecule has 3 aromatic heterocycles. The summed E-state index contributed by atoms with van der Waals surface area (Å²) in [5, 5.41) is 7.70. The highest BCUT2D eigenvalue weighted by Gasteiger charge is 2.15. The van der Waals surface area contributed by atoms with Crippen LogP contribution >= 0.6 is 0 Å². The number of nitrogens with one attached hydrogen (secondary N) is 2. The van der Waals surface area contributed by atoms with Gasteiger partial charge in [-0.15, -0.1) is 0 Å². The number of nitrogens with zero attached hydrogens (tertiary/aromatic N) is 2. The number of imidazole rings is 1. The molecule has 6 nitrogen and oxygen atoms in total. The number of aromatic nitrogens is 2. The van der Waals surface area contributed by atoms with Crippen molar-refractivity contribution in [3.05, 3.63) is 64.8 Å². The smallest absolute Gasteiger partial charge is 0.345 e. The van der Waals surface area contributed by atoms with E-state index in [9.17, 15) is 4.79 Å². The van der Waals surface area contributed by atoms with Crippen LogP contribution in [0.5, 0.6) is 0 Å². The lowest BCUT2D eigenvalue weighted by molar-refractivity contribution is 0.563. The minimum Gasteiger partial charge on any atom is -0.422 e. The largest absolute Gasteiger partial charge is 0.422 e. The van der Waals surface area contributed by atoms with Crippen molar-refractivity contribution in [3.63, 3.8) is 0 Å². The maximum absolute atomic E-state index is 12.6. The number of aryl methyl sites for hydroxylation is 1. The Kier molecular flexibility index (Phi) is 3.72. The number of fused-ring (bicyclic) bond motifs is 2. The fraction of sp³-hybridized carbons (Fsp3) is 0.238. The molecule has 1 aromatic carbocycles. The SMILES string of the molecule is Cc1ccn2cc(-c3cc4ccc(NC5CCNC5)cc4oc3=O)nc2c1. The van der Waals surface area contributed by atoms with Gasteiger partial charge in [-0.2, -0.15) is 0 Å². The fourth-order valence-corrected chi connectivity index (χ4v) is 3.61. The monoisotopic (exact) mass is 360 g/mol. The third-order valence-electron chi connectivity index (χ3n) is 5.06. The van der Waals surface area contributed by atoms with Crippen LogP contribution < -0.4 is 16.3 Å². The van der Waals surface area contributed by atoms with Crippen LogP contribution in [-0.4, -0.2) is 28.5 Å². The first kappa shape index (κ1) is 16.1. The van der Waals surface area contributed by atoms with Crippen LogP contribution in [0.2, 0.25) is 0 Å². The van der Waals surface area contributed by atoms with E-state index in [-0.39, 0.29) is 5.63 Å². The van der Waals surface area contributed by atoms with Gasteiger partial charge in [0.15, 0.2) is 0 Å². The number of pyridine rings is 1. The number of hydrogen-bond donors (Lipinski definition) is 2. The lowest BCUT2D eigenvalue weighted by atomic mass is 10.1. The van der Waals surface area contributed by atoms with Gasteiger partial charge in [0.2, 0.25) is 0 Å². The zero-order valence-corrected chi connectivity index (χ0v) is 15.0. The predicted molar refractivity (Wildman–Crippen MR) is 106 cm³/mol. The van der Waals surface area contributed by atoms with Gasteiger partial charge in [-0.25, -0.2) is 9.78 Å². The molecule has 1 fully saturated rings. The second-order valence-electron chi connectivity index (χ2n) is 7.13. The van der Waals surface area contributed by atoms with Gasteiger partial charge in [-0.05, 0) is 55.8 Å². The van der Waals surface area contributed by atoms with Crippen molar-refractivity contribution < 1.29 is 4.42 Å². The first-order chi connectivity index (χ1) is 13.2. The number of benzene rings is 1. The molecule has 0 spiro atoms. The molecule has 136 valence electrons. The summed E-state index contributed by atoms with van der Waals surface area (Å²) in [6.45, 7) is 4.00. The van der Waals surface area contributed by atoms with Gasteiger partial charge in [0.1, 0.15) is 11.2 Å². The summed E-state index contributed by atoms with van der Waals surface area (Å²) in [7, 11) is 0. The van der Waals surface area contributed by atoms with Crippen LogP contribution in [0.4, 0.5) is 5.69 Å². The summed E-state index contributed by atoms with van der Waals surface area (Å²) < 4.78 is 7.52. The summed E-state index contributed by atoms with van der Waals surface area (Å²) in [5.41, 5.74) is 4.22. The average Bonchev–Trinajstić information content (AvgIpc) is 3.30. The van der Waals surface area contributed by atoms with Gasteiger partial charge in [0.05, 0.1) is 11.3 Å². The van der Waals surface area contributed by atoms with E-state index in [1.165, 1.54) is 0 Å². The minimum atomic E-state index is -0.373. The molecule has 4 aromatic rings. The second kappa shape index (κ2) is 6.25. The molecule has 0 radical (unpaired) electrons. The fourth-order valence-electron chi connectivity index (χ4n) is 3.61. The van der Waals surface area contributed by atoms with E-state index in [2.05, 4.69) is 15.6 Å². The first-order valence-electron chi connectivity index (χ1n) is 9.17. The maximum atomic E-state index is 12.6. The topological polar surface area (TPSA) is 71.6 Å². The lowest BCUT2D eigenvalue weighted by Gasteiger charge is -2.13. The van der Waals surface area contributed by atoms with E-state index in [0.717, 1.165) is 41.8 Å². The minimum absolute atomic E-state index is 0.373. The normalized spacial score (nSPS) is 17.0. The maximum Gasteiger partial charge on any atom is 0.345 e. The third kappa shape index (κ3) is 2.98. The molecular weight excluding hydrogens is 340 g/mol. The molecule has 2 N–H and O–H groups in total. The summed E-state index contributed by atoms with van der Waals surface area (Å²) in [6.07, 6.45) is 4.89. The molecule has 1 atom stereocenters. The molecule has 27 heavy (non-hydrogen) atoms. The van der Waals surface area contributed by atoms with Gasteiger partial charge in [0, 0.05) is 42.1 Å². The average molecular weight is 360 g/mol. The molecule has 4 heterocycles. The molecule has 1 aliphatic heterocycles. The highest BCUT2D eigenvalue weighted by atomic mass is 16.4. The number of anilines is 1. The summed E-state index contributed by atoms with van der Waals surface area (Å²) in [5.74, 6) is 0. The standard InChI is InChI=1S/C21H20N4O2/c1-13-5-7-25-12-18(24-20(25)8-13)17-9-14-2-3-15(10-19(14)27-21(17)26)23-16-4-6-22-11-16/h2-3,5,7-10,12,16,22-23H,4,6,11H2,1H3. The summed E-state index contributed by atoms with van der Waals surface area (Å²) >= 11 is 0. The molecule has 5 rings (SSSR count). The Labute approximate surface area is 155 Å². The highest BCUT2D eigenvalue weighted by Crippen LogP contribution is 2.24. The van der Waals surface area contributed by atoms with Crippen molar-refractivity contribution in [1.29, 1.82) is 0 Å². The van der Waals surface area contributed by atoms with E-state index < -0.39 is 0 Å². The Morgan fingerprint density at radius 2 is 2.19 bits per heavy atom. The van der Waals surface area contributed by atoms with Crippen molar-refractivity contribution in [3.8, 4) is 11.3 Å². The van der Waals surface area contributed by atoms with Crippen LogP contribution in [0.3, 0.4) is 0 Å². The van der Waals surface area contributed by atoms with Crippen molar-refractivity contribution in [1.82, 2.24) is 14.7 Å². The number of hydrogen-bond acceptors (Lipinski definition) is 5. The van der Waals surface area contributed by atoms with Gasteiger partial charge >= 0.3 is 5.63 Å². The Morgan fingerprint density at radius 3 is 3.04 bits per heavy atom. The molecule has 6 heteroatoms. The van der Waals surface area contributed by atoms with Crippen LogP contribution in [0.25, 0.3) is 27.9 Å². The molecule has 1 saturated heterocycles. The number of rotatable bonds is 3. The summed E-state index contributed by atoms with van der Waals surface area (Å²) in [4.78, 5) is 17.2. The van der Waals surface area contributed by atoms with Crippen LogP contribution in [-0.2, 0) is 0 Å². The van der Waals surface area contributed by atoms with E-state index in [1.807, 2.05) is 60.1 Å². The molecule has 0 aliphatic carbocycles. The van der Waals surface area contributed by atoms with Gasteiger partial charge in [0.25, 0.3) is 0 Å². The van der Waals surface area contributed by atoms with Crippen LogP contribution in [0, 0.1) is 6.92 Å². The first-order valence-corrected chi connectivity index (χ1v) is 9.17. The van der Waals surface area contributed by atoms with E-state index in [4.69, 9.17) is 4.42 Å². The zero-order chi connectivity index (χ0) is 18.4. The molecule has 0 saturated carbocycles. The Bertz CT molecular complexity index is 1200. The van der Waals surface area contributed by atoms with Gasteiger partial charge in [-0.1, -0.05) is 0 Å².